The van der Waals surface area contributed by atoms with Crippen molar-refractivity contribution < 1.29 is 4.74 Å². The monoisotopic (exact) mass is 387 g/mol. The number of para-hydroxylation sites is 1. The number of rotatable bonds is 4. The lowest BCUT2D eigenvalue weighted by molar-refractivity contribution is 0.461. The molecule has 2 aromatic carbocycles. The number of aromatic nitrogens is 1. The van der Waals surface area contributed by atoms with Crippen LogP contribution in [0.2, 0.25) is 0 Å². The van der Waals surface area contributed by atoms with E-state index in [4.69, 9.17) is 10.5 Å². The van der Waals surface area contributed by atoms with Crippen molar-refractivity contribution >= 4 is 28.7 Å². The van der Waals surface area contributed by atoms with Crippen molar-refractivity contribution in [2.75, 3.05) is 4.90 Å². The van der Waals surface area contributed by atoms with Gasteiger partial charge in [0.25, 0.3) is 0 Å². The van der Waals surface area contributed by atoms with E-state index in [1.807, 2.05) is 30.3 Å². The van der Waals surface area contributed by atoms with Crippen molar-refractivity contribution in [2.45, 2.75) is 29.7 Å². The number of hydrogen-bond acceptors (Lipinski definition) is 5. The maximum Gasteiger partial charge on any atom is 0.226 e. The fraction of sp³-hybridized carbons (Fsp3) is 0.174. The first-order valence-corrected chi connectivity index (χ1v) is 10.4. The van der Waals surface area contributed by atoms with E-state index in [2.05, 4.69) is 46.3 Å². The smallest absolute Gasteiger partial charge is 0.226 e. The molecule has 0 amide bonds. The standard InChI is InChI=1S/C23H21N3OS/c24-23-26(20-9-3-4-10-21(20)28-23)17-11-13-18(14-12-17)27-22-19(8-5-15-25-22)16-6-1-2-7-16/h3-6,8-15,23H,1-2,7,24H2. The fourth-order valence-electron chi connectivity index (χ4n) is 3.78. The minimum absolute atomic E-state index is 0.124. The molecule has 3 aromatic rings. The van der Waals surface area contributed by atoms with Gasteiger partial charge in [0.05, 0.1) is 5.69 Å². The Labute approximate surface area is 169 Å². The molecule has 4 nitrogen and oxygen atoms in total. The summed E-state index contributed by atoms with van der Waals surface area (Å²) in [5, 5.41) is 0. The SMILES string of the molecule is NC1Sc2ccccc2N1c1ccc(Oc2ncccc2C2=CCCC2)cc1. The third-order valence-corrected chi connectivity index (χ3v) is 6.17. The molecule has 0 radical (unpaired) electrons. The Balaban J connectivity index is 1.40. The molecule has 0 bridgehead atoms. The van der Waals surface area contributed by atoms with Gasteiger partial charge >= 0.3 is 0 Å². The molecule has 0 saturated heterocycles. The first kappa shape index (κ1) is 17.3. The number of allylic oxidation sites excluding steroid dienone is 2. The highest BCUT2D eigenvalue weighted by Crippen LogP contribution is 2.45. The average Bonchev–Trinajstić information content (AvgIpc) is 3.36. The summed E-state index contributed by atoms with van der Waals surface area (Å²) < 4.78 is 6.13. The number of ether oxygens (including phenoxy) is 1. The van der Waals surface area contributed by atoms with Crippen molar-refractivity contribution in [3.8, 4) is 11.6 Å². The predicted octanol–water partition coefficient (Wildman–Crippen LogP) is 5.93. The Kier molecular flexibility index (Phi) is 4.55. The van der Waals surface area contributed by atoms with Crippen LogP contribution in [-0.2, 0) is 0 Å². The van der Waals surface area contributed by atoms with Gasteiger partial charge in [0, 0.05) is 22.3 Å². The predicted molar refractivity (Wildman–Crippen MR) is 115 cm³/mol. The van der Waals surface area contributed by atoms with Gasteiger partial charge in [-0.1, -0.05) is 30.0 Å². The van der Waals surface area contributed by atoms with Gasteiger partial charge in [-0.2, -0.15) is 0 Å². The largest absolute Gasteiger partial charge is 0.438 e. The second-order valence-electron chi connectivity index (χ2n) is 6.92. The van der Waals surface area contributed by atoms with Crippen LogP contribution in [0.5, 0.6) is 11.6 Å². The molecule has 1 atom stereocenters. The second kappa shape index (κ2) is 7.34. The summed E-state index contributed by atoms with van der Waals surface area (Å²) in [5.41, 5.74) is 10.9. The molecule has 0 spiro atoms. The second-order valence-corrected chi connectivity index (χ2v) is 8.08. The minimum Gasteiger partial charge on any atom is -0.438 e. The van der Waals surface area contributed by atoms with Crippen LogP contribution in [0.1, 0.15) is 24.8 Å². The van der Waals surface area contributed by atoms with Gasteiger partial charge in [0.15, 0.2) is 0 Å². The van der Waals surface area contributed by atoms with Crippen LogP contribution in [0, 0.1) is 0 Å². The lowest BCUT2D eigenvalue weighted by Gasteiger charge is -2.23. The lowest BCUT2D eigenvalue weighted by atomic mass is 10.1. The quantitative estimate of drug-likeness (QED) is 0.601. The van der Waals surface area contributed by atoms with Crippen LogP contribution in [0.15, 0.2) is 77.8 Å². The third kappa shape index (κ3) is 3.17. The zero-order valence-corrected chi connectivity index (χ0v) is 16.2. The van der Waals surface area contributed by atoms with Gasteiger partial charge in [-0.05, 0) is 73.4 Å². The van der Waals surface area contributed by atoms with Crippen LogP contribution in [0.4, 0.5) is 11.4 Å². The van der Waals surface area contributed by atoms with Gasteiger partial charge in [0.2, 0.25) is 5.88 Å². The summed E-state index contributed by atoms with van der Waals surface area (Å²) >= 11 is 1.67. The summed E-state index contributed by atoms with van der Waals surface area (Å²) in [6, 6.07) is 20.4. The number of thioether (sulfide) groups is 1. The van der Waals surface area contributed by atoms with E-state index >= 15 is 0 Å². The normalized spacial score (nSPS) is 18.1. The highest BCUT2D eigenvalue weighted by Gasteiger charge is 2.28. The van der Waals surface area contributed by atoms with Crippen LogP contribution in [-0.4, -0.2) is 10.5 Å². The topological polar surface area (TPSA) is 51.4 Å². The molecule has 28 heavy (non-hydrogen) atoms. The molecule has 5 rings (SSSR count). The molecule has 1 aromatic heterocycles. The Morgan fingerprint density at radius 1 is 1.04 bits per heavy atom. The molecule has 2 heterocycles. The molecule has 1 aliphatic heterocycles. The Hall–Kier alpha value is -2.76. The molecule has 1 aliphatic carbocycles. The number of pyridine rings is 1. The molecule has 2 N–H and O–H groups in total. The van der Waals surface area contributed by atoms with E-state index in [9.17, 15) is 0 Å². The molecular weight excluding hydrogens is 366 g/mol. The molecule has 5 heteroatoms. The highest BCUT2D eigenvalue weighted by molar-refractivity contribution is 8.00. The average molecular weight is 388 g/mol. The number of anilines is 2. The van der Waals surface area contributed by atoms with Crippen molar-refractivity contribution in [1.82, 2.24) is 4.98 Å². The Bertz CT molecular complexity index is 1030. The molecule has 140 valence electrons. The molecule has 0 saturated carbocycles. The van der Waals surface area contributed by atoms with Crippen LogP contribution in [0.3, 0.4) is 0 Å². The van der Waals surface area contributed by atoms with Crippen molar-refractivity contribution in [1.29, 1.82) is 0 Å². The van der Waals surface area contributed by atoms with Crippen LogP contribution < -0.4 is 15.4 Å². The molecule has 0 fully saturated rings. The van der Waals surface area contributed by atoms with E-state index in [1.54, 1.807) is 18.0 Å². The number of nitrogens with zero attached hydrogens (tertiary/aromatic N) is 2. The van der Waals surface area contributed by atoms with E-state index in [0.29, 0.717) is 5.88 Å². The van der Waals surface area contributed by atoms with Crippen molar-refractivity contribution in [2.24, 2.45) is 5.73 Å². The van der Waals surface area contributed by atoms with Gasteiger partial charge in [-0.3, -0.25) is 0 Å². The first-order chi connectivity index (χ1) is 13.8. The summed E-state index contributed by atoms with van der Waals surface area (Å²) in [6.45, 7) is 0. The minimum atomic E-state index is -0.124. The summed E-state index contributed by atoms with van der Waals surface area (Å²) in [5.74, 6) is 1.44. The zero-order chi connectivity index (χ0) is 18.9. The maximum absolute atomic E-state index is 6.35. The van der Waals surface area contributed by atoms with E-state index in [-0.39, 0.29) is 5.50 Å². The number of hydrogen-bond donors (Lipinski definition) is 1. The van der Waals surface area contributed by atoms with Crippen molar-refractivity contribution in [3.05, 3.63) is 78.5 Å². The van der Waals surface area contributed by atoms with Gasteiger partial charge < -0.3 is 15.4 Å². The van der Waals surface area contributed by atoms with E-state index in [0.717, 1.165) is 35.5 Å². The summed E-state index contributed by atoms with van der Waals surface area (Å²) in [4.78, 5) is 7.82. The summed E-state index contributed by atoms with van der Waals surface area (Å²) in [7, 11) is 0. The zero-order valence-electron chi connectivity index (χ0n) is 15.4. The van der Waals surface area contributed by atoms with E-state index < -0.39 is 0 Å². The number of benzene rings is 2. The van der Waals surface area contributed by atoms with Gasteiger partial charge in [0.1, 0.15) is 11.2 Å². The van der Waals surface area contributed by atoms with Crippen LogP contribution in [0.25, 0.3) is 5.57 Å². The summed E-state index contributed by atoms with van der Waals surface area (Å²) in [6.07, 6.45) is 7.49. The van der Waals surface area contributed by atoms with Crippen LogP contribution >= 0.6 is 11.8 Å². The fourth-order valence-corrected chi connectivity index (χ4v) is 4.83. The lowest BCUT2D eigenvalue weighted by Crippen LogP contribution is -2.31. The Morgan fingerprint density at radius 2 is 1.89 bits per heavy atom. The highest BCUT2D eigenvalue weighted by atomic mass is 32.2. The third-order valence-electron chi connectivity index (χ3n) is 5.11. The van der Waals surface area contributed by atoms with Gasteiger partial charge in [-0.15, -0.1) is 0 Å². The first-order valence-electron chi connectivity index (χ1n) is 9.52. The van der Waals surface area contributed by atoms with E-state index in [1.165, 1.54) is 16.9 Å². The molecule has 2 aliphatic rings. The molecular formula is C23H21N3OS. The molecule has 1 unspecified atom stereocenters. The van der Waals surface area contributed by atoms with Crippen molar-refractivity contribution in [3.63, 3.8) is 0 Å². The number of fused-ring (bicyclic) bond motifs is 1. The maximum atomic E-state index is 6.35. The number of nitrogens with two attached hydrogens (primary N) is 1. The Morgan fingerprint density at radius 3 is 2.71 bits per heavy atom. The van der Waals surface area contributed by atoms with Gasteiger partial charge in [-0.25, -0.2) is 4.98 Å².